The van der Waals surface area contributed by atoms with Crippen molar-refractivity contribution in [2.24, 2.45) is 11.8 Å². The molecule has 0 spiro atoms. The summed E-state index contributed by atoms with van der Waals surface area (Å²) in [4.78, 5) is 15.1. The van der Waals surface area contributed by atoms with Crippen LogP contribution in [-0.4, -0.2) is 28.6 Å². The molecule has 1 saturated carbocycles. The van der Waals surface area contributed by atoms with E-state index in [1.165, 1.54) is 32.1 Å². The van der Waals surface area contributed by atoms with E-state index in [4.69, 9.17) is 0 Å². The van der Waals surface area contributed by atoms with Crippen molar-refractivity contribution in [3.8, 4) is 0 Å². The first-order chi connectivity index (χ1) is 9.42. The van der Waals surface area contributed by atoms with Crippen LogP contribution >= 0.6 is 0 Å². The average molecular weight is 280 g/mol. The summed E-state index contributed by atoms with van der Waals surface area (Å²) in [6.07, 6.45) is 7.35. The van der Waals surface area contributed by atoms with Gasteiger partial charge < -0.3 is 4.90 Å². The lowest BCUT2D eigenvalue weighted by atomic mass is 9.83. The molecule has 1 aliphatic carbocycles. The van der Waals surface area contributed by atoms with E-state index in [1.54, 1.807) is 0 Å². The van der Waals surface area contributed by atoms with Crippen LogP contribution in [0.1, 0.15) is 73.1 Å². The third kappa shape index (κ3) is 2.74. The van der Waals surface area contributed by atoms with Gasteiger partial charge in [-0.1, -0.05) is 47.0 Å². The minimum absolute atomic E-state index is 0.216. The van der Waals surface area contributed by atoms with Crippen LogP contribution in [0, 0.1) is 11.8 Å². The molecule has 0 aromatic carbocycles. The number of nitrogens with zero attached hydrogens (tertiary/aromatic N) is 1. The summed E-state index contributed by atoms with van der Waals surface area (Å²) >= 11 is 0. The fourth-order valence-electron chi connectivity index (χ4n) is 3.89. The molecular formula is C17H32N2O. The van der Waals surface area contributed by atoms with Crippen molar-refractivity contribution in [3.63, 3.8) is 0 Å². The second kappa shape index (κ2) is 6.05. The summed E-state index contributed by atoms with van der Waals surface area (Å²) in [6.45, 7) is 10.9. The fraction of sp³-hybridized carbons (Fsp3) is 0.941. The third-order valence-corrected chi connectivity index (χ3v) is 5.54. The molecule has 2 fully saturated rings. The molecule has 1 amide bonds. The van der Waals surface area contributed by atoms with Crippen LogP contribution in [0.4, 0.5) is 0 Å². The topological polar surface area (TPSA) is 32.3 Å². The van der Waals surface area contributed by atoms with Crippen molar-refractivity contribution in [1.29, 1.82) is 0 Å². The molecule has 0 radical (unpaired) electrons. The SMILES string of the molecule is CCC1CCCC(N2C(=O)C(C)(CC)NC2C(C)C)C1. The molecule has 1 aliphatic heterocycles. The number of carbonyl (C=O) groups excluding carboxylic acids is 1. The molecule has 1 heterocycles. The summed E-state index contributed by atoms with van der Waals surface area (Å²) in [5.74, 6) is 1.61. The molecule has 20 heavy (non-hydrogen) atoms. The maximum atomic E-state index is 12.9. The van der Waals surface area contributed by atoms with E-state index in [0.717, 1.165) is 12.3 Å². The maximum Gasteiger partial charge on any atom is 0.244 e. The number of carbonyl (C=O) groups is 1. The van der Waals surface area contributed by atoms with Gasteiger partial charge in [0.1, 0.15) is 0 Å². The molecule has 0 aromatic rings. The van der Waals surface area contributed by atoms with E-state index < -0.39 is 0 Å². The highest BCUT2D eigenvalue weighted by Crippen LogP contribution is 2.36. The van der Waals surface area contributed by atoms with Crippen molar-refractivity contribution in [3.05, 3.63) is 0 Å². The lowest BCUT2D eigenvalue weighted by molar-refractivity contribution is -0.136. The molecule has 0 aromatic heterocycles. The first-order valence-corrected chi connectivity index (χ1v) is 8.53. The highest BCUT2D eigenvalue weighted by molar-refractivity contribution is 5.88. The maximum absolute atomic E-state index is 12.9. The van der Waals surface area contributed by atoms with Gasteiger partial charge in [-0.3, -0.25) is 10.1 Å². The van der Waals surface area contributed by atoms with E-state index in [-0.39, 0.29) is 11.7 Å². The predicted octanol–water partition coefficient (Wildman–Crippen LogP) is 3.54. The summed E-state index contributed by atoms with van der Waals surface area (Å²) in [5.41, 5.74) is -0.353. The number of nitrogens with one attached hydrogen (secondary N) is 1. The molecule has 2 aliphatic rings. The third-order valence-electron chi connectivity index (χ3n) is 5.54. The van der Waals surface area contributed by atoms with Gasteiger partial charge in [-0.05, 0) is 38.0 Å². The Hall–Kier alpha value is -0.570. The van der Waals surface area contributed by atoms with Gasteiger partial charge in [0.2, 0.25) is 5.91 Å². The van der Waals surface area contributed by atoms with Crippen LogP contribution in [0.2, 0.25) is 0 Å². The predicted molar refractivity (Wildman–Crippen MR) is 83.3 cm³/mol. The van der Waals surface area contributed by atoms with Gasteiger partial charge in [0.15, 0.2) is 0 Å². The zero-order valence-electron chi connectivity index (χ0n) is 13.9. The number of amides is 1. The molecule has 0 bridgehead atoms. The first kappa shape index (κ1) is 15.8. The lowest BCUT2D eigenvalue weighted by Crippen LogP contribution is -2.48. The zero-order valence-corrected chi connectivity index (χ0v) is 13.9. The average Bonchev–Trinajstić information content (AvgIpc) is 2.72. The smallest absolute Gasteiger partial charge is 0.244 e. The molecule has 1 saturated heterocycles. The Morgan fingerprint density at radius 2 is 2.05 bits per heavy atom. The Balaban J connectivity index is 2.20. The minimum Gasteiger partial charge on any atom is -0.322 e. The molecule has 116 valence electrons. The molecule has 4 atom stereocenters. The Kier molecular flexibility index (Phi) is 4.78. The van der Waals surface area contributed by atoms with Gasteiger partial charge in [-0.15, -0.1) is 0 Å². The van der Waals surface area contributed by atoms with Crippen molar-refractivity contribution in [1.82, 2.24) is 10.2 Å². The summed E-state index contributed by atoms with van der Waals surface area (Å²) < 4.78 is 0. The largest absolute Gasteiger partial charge is 0.322 e. The minimum atomic E-state index is -0.353. The molecular weight excluding hydrogens is 248 g/mol. The van der Waals surface area contributed by atoms with Crippen molar-refractivity contribution >= 4 is 5.91 Å². The Bertz CT molecular complexity index is 355. The van der Waals surface area contributed by atoms with Crippen LogP contribution in [0.3, 0.4) is 0 Å². The molecule has 4 unspecified atom stereocenters. The quantitative estimate of drug-likeness (QED) is 0.854. The van der Waals surface area contributed by atoms with E-state index >= 15 is 0 Å². The molecule has 1 N–H and O–H groups in total. The highest BCUT2D eigenvalue weighted by Gasteiger charge is 2.50. The normalized spacial score (nSPS) is 38.8. The molecule has 3 heteroatoms. The second-order valence-electron chi connectivity index (χ2n) is 7.33. The summed E-state index contributed by atoms with van der Waals surface area (Å²) in [6, 6.07) is 0.453. The Morgan fingerprint density at radius 1 is 1.35 bits per heavy atom. The van der Waals surface area contributed by atoms with Crippen molar-refractivity contribution in [2.45, 2.75) is 90.9 Å². The molecule has 2 rings (SSSR count). The van der Waals surface area contributed by atoms with Crippen molar-refractivity contribution in [2.75, 3.05) is 0 Å². The molecule has 3 nitrogen and oxygen atoms in total. The van der Waals surface area contributed by atoms with Crippen LogP contribution in [0.5, 0.6) is 0 Å². The second-order valence-corrected chi connectivity index (χ2v) is 7.33. The van der Waals surface area contributed by atoms with E-state index in [2.05, 4.69) is 44.8 Å². The van der Waals surface area contributed by atoms with Gasteiger partial charge in [0.25, 0.3) is 0 Å². The van der Waals surface area contributed by atoms with E-state index in [0.29, 0.717) is 17.9 Å². The van der Waals surface area contributed by atoms with E-state index in [9.17, 15) is 4.79 Å². The zero-order chi connectivity index (χ0) is 14.9. The number of hydrogen-bond donors (Lipinski definition) is 1. The Labute approximate surface area is 124 Å². The van der Waals surface area contributed by atoms with Gasteiger partial charge in [-0.25, -0.2) is 0 Å². The number of rotatable bonds is 4. The van der Waals surface area contributed by atoms with Gasteiger partial charge >= 0.3 is 0 Å². The van der Waals surface area contributed by atoms with Crippen LogP contribution in [0.25, 0.3) is 0 Å². The monoisotopic (exact) mass is 280 g/mol. The standard InChI is InChI=1S/C17H32N2O/c1-6-13-9-8-10-14(11-13)19-15(12(3)4)18-17(5,7-2)16(19)20/h12-15,18H,6-11H2,1-5H3. The first-order valence-electron chi connectivity index (χ1n) is 8.53. The van der Waals surface area contributed by atoms with Crippen LogP contribution < -0.4 is 5.32 Å². The lowest BCUT2D eigenvalue weighted by Gasteiger charge is -2.39. The van der Waals surface area contributed by atoms with E-state index in [1.807, 2.05) is 0 Å². The van der Waals surface area contributed by atoms with Crippen LogP contribution in [0.15, 0.2) is 0 Å². The Morgan fingerprint density at radius 3 is 2.60 bits per heavy atom. The van der Waals surface area contributed by atoms with Crippen molar-refractivity contribution < 1.29 is 4.79 Å². The fourth-order valence-corrected chi connectivity index (χ4v) is 3.89. The summed E-state index contributed by atoms with van der Waals surface area (Å²) in [7, 11) is 0. The number of hydrogen-bond acceptors (Lipinski definition) is 2. The van der Waals surface area contributed by atoms with Crippen LogP contribution in [-0.2, 0) is 4.79 Å². The van der Waals surface area contributed by atoms with Gasteiger partial charge in [0.05, 0.1) is 11.7 Å². The van der Waals surface area contributed by atoms with Gasteiger partial charge in [0, 0.05) is 6.04 Å². The van der Waals surface area contributed by atoms with Gasteiger partial charge in [-0.2, -0.15) is 0 Å². The summed E-state index contributed by atoms with van der Waals surface area (Å²) in [5, 5.41) is 3.62. The highest BCUT2D eigenvalue weighted by atomic mass is 16.2.